The maximum atomic E-state index is 8.34. The molecule has 0 aromatic carbocycles. The molecule has 0 atom stereocenters. The molecule has 0 bridgehead atoms. The summed E-state index contributed by atoms with van der Waals surface area (Å²) < 4.78 is 0. The van der Waals surface area contributed by atoms with Gasteiger partial charge in [0, 0.05) is 0 Å². The van der Waals surface area contributed by atoms with E-state index >= 15 is 0 Å². The lowest BCUT2D eigenvalue weighted by molar-refractivity contribution is 0.342. The van der Waals surface area contributed by atoms with Crippen LogP contribution in [0.4, 0.5) is 0 Å². The van der Waals surface area contributed by atoms with Crippen LogP contribution in [0.25, 0.3) is 0 Å². The molecule has 0 fully saturated rings. The fourth-order valence-electron chi connectivity index (χ4n) is 0.538. The van der Waals surface area contributed by atoms with E-state index in [0.717, 1.165) is 12.8 Å². The van der Waals surface area contributed by atoms with Crippen molar-refractivity contribution >= 4 is 0 Å². The molecule has 0 spiro atoms. The SMILES string of the molecule is C=CC/C=C/C/C=C/CO. The third-order valence-electron chi connectivity index (χ3n) is 1.01. The quantitative estimate of drug-likeness (QED) is 0.576. The van der Waals surface area contributed by atoms with Crippen LogP contribution < -0.4 is 0 Å². The molecule has 0 saturated carbocycles. The number of rotatable bonds is 5. The summed E-state index contributed by atoms with van der Waals surface area (Å²) >= 11 is 0. The molecule has 0 rings (SSSR count). The van der Waals surface area contributed by atoms with Gasteiger partial charge in [-0.15, -0.1) is 6.58 Å². The number of aliphatic hydroxyl groups excluding tert-OH is 1. The molecule has 0 heterocycles. The lowest BCUT2D eigenvalue weighted by Crippen LogP contribution is -1.69. The Kier molecular flexibility index (Phi) is 7.51. The molecule has 0 aromatic heterocycles. The maximum Gasteiger partial charge on any atom is 0.0612 e. The van der Waals surface area contributed by atoms with Gasteiger partial charge >= 0.3 is 0 Å². The molecule has 0 aliphatic carbocycles. The van der Waals surface area contributed by atoms with Crippen molar-refractivity contribution in [2.45, 2.75) is 12.8 Å². The van der Waals surface area contributed by atoms with Crippen LogP contribution in [0.3, 0.4) is 0 Å². The molecule has 0 unspecified atom stereocenters. The minimum Gasteiger partial charge on any atom is -0.392 e. The van der Waals surface area contributed by atoms with Gasteiger partial charge in [-0.25, -0.2) is 0 Å². The van der Waals surface area contributed by atoms with Crippen molar-refractivity contribution in [2.24, 2.45) is 0 Å². The van der Waals surface area contributed by atoms with Gasteiger partial charge in [0.2, 0.25) is 0 Å². The monoisotopic (exact) mass is 138 g/mol. The minimum atomic E-state index is 0.134. The fourth-order valence-corrected chi connectivity index (χ4v) is 0.538. The van der Waals surface area contributed by atoms with E-state index in [1.165, 1.54) is 0 Å². The Hall–Kier alpha value is -0.820. The van der Waals surface area contributed by atoms with Crippen LogP contribution in [-0.4, -0.2) is 11.7 Å². The Bertz CT molecular complexity index is 123. The van der Waals surface area contributed by atoms with Crippen LogP contribution in [0.15, 0.2) is 37.0 Å². The van der Waals surface area contributed by atoms with Gasteiger partial charge in [-0.05, 0) is 12.8 Å². The summed E-state index contributed by atoms with van der Waals surface area (Å²) in [6.45, 7) is 3.72. The summed E-state index contributed by atoms with van der Waals surface area (Å²) in [5, 5.41) is 8.34. The lowest BCUT2D eigenvalue weighted by Gasteiger charge is -1.80. The number of hydrogen-bond acceptors (Lipinski definition) is 1. The predicted octanol–water partition coefficient (Wildman–Crippen LogP) is 2.06. The average Bonchev–Trinajstić information content (AvgIpc) is 1.97. The molecule has 0 aliphatic rings. The maximum absolute atomic E-state index is 8.34. The van der Waals surface area contributed by atoms with Crippen molar-refractivity contribution in [3.63, 3.8) is 0 Å². The molecule has 10 heavy (non-hydrogen) atoms. The molecule has 0 saturated heterocycles. The van der Waals surface area contributed by atoms with E-state index in [1.54, 1.807) is 6.08 Å². The highest BCUT2D eigenvalue weighted by Crippen LogP contribution is 1.88. The van der Waals surface area contributed by atoms with Crippen LogP contribution in [0.5, 0.6) is 0 Å². The van der Waals surface area contributed by atoms with Crippen LogP contribution in [0, 0.1) is 0 Å². The van der Waals surface area contributed by atoms with Gasteiger partial charge in [0.15, 0.2) is 0 Å². The second-order valence-corrected chi connectivity index (χ2v) is 1.89. The zero-order chi connectivity index (χ0) is 7.66. The van der Waals surface area contributed by atoms with E-state index in [9.17, 15) is 0 Å². The molecule has 0 aromatic rings. The zero-order valence-corrected chi connectivity index (χ0v) is 6.16. The van der Waals surface area contributed by atoms with Crippen LogP contribution in [0.1, 0.15) is 12.8 Å². The van der Waals surface area contributed by atoms with Crippen LogP contribution in [-0.2, 0) is 0 Å². The summed E-state index contributed by atoms with van der Waals surface area (Å²) in [6, 6.07) is 0. The van der Waals surface area contributed by atoms with Crippen molar-refractivity contribution in [3.05, 3.63) is 37.0 Å². The molecule has 56 valence electrons. The first kappa shape index (κ1) is 9.18. The van der Waals surface area contributed by atoms with E-state index in [2.05, 4.69) is 12.7 Å². The van der Waals surface area contributed by atoms with Crippen LogP contribution in [0.2, 0.25) is 0 Å². The van der Waals surface area contributed by atoms with Gasteiger partial charge in [0.1, 0.15) is 0 Å². The van der Waals surface area contributed by atoms with E-state index in [4.69, 9.17) is 5.11 Å². The molecular formula is C9H14O. The van der Waals surface area contributed by atoms with Gasteiger partial charge in [0.05, 0.1) is 6.61 Å². The number of hydrogen-bond donors (Lipinski definition) is 1. The van der Waals surface area contributed by atoms with Gasteiger partial charge in [-0.2, -0.15) is 0 Å². The van der Waals surface area contributed by atoms with Crippen molar-refractivity contribution in [3.8, 4) is 0 Å². The summed E-state index contributed by atoms with van der Waals surface area (Å²) in [4.78, 5) is 0. The molecular weight excluding hydrogens is 124 g/mol. The smallest absolute Gasteiger partial charge is 0.0612 e. The lowest BCUT2D eigenvalue weighted by atomic mass is 10.3. The summed E-state index contributed by atoms with van der Waals surface area (Å²) in [7, 11) is 0. The van der Waals surface area contributed by atoms with Crippen molar-refractivity contribution in [1.29, 1.82) is 0 Å². The predicted molar refractivity (Wildman–Crippen MR) is 44.8 cm³/mol. The van der Waals surface area contributed by atoms with E-state index in [0.29, 0.717) is 0 Å². The van der Waals surface area contributed by atoms with Crippen molar-refractivity contribution in [2.75, 3.05) is 6.61 Å². The standard InChI is InChI=1S/C9H14O/c1-2-3-4-5-6-7-8-9-10/h2,4-5,7-8,10H,1,3,6,9H2/b5-4+,8-7+. The first-order valence-corrected chi connectivity index (χ1v) is 3.43. The fraction of sp³-hybridized carbons (Fsp3) is 0.333. The zero-order valence-electron chi connectivity index (χ0n) is 6.16. The molecule has 0 aliphatic heterocycles. The van der Waals surface area contributed by atoms with Gasteiger partial charge in [-0.3, -0.25) is 0 Å². The third kappa shape index (κ3) is 7.18. The van der Waals surface area contributed by atoms with Gasteiger partial charge < -0.3 is 5.11 Å². The first-order valence-electron chi connectivity index (χ1n) is 3.43. The average molecular weight is 138 g/mol. The number of aliphatic hydroxyl groups is 1. The highest BCUT2D eigenvalue weighted by atomic mass is 16.2. The Balaban J connectivity index is 3.17. The largest absolute Gasteiger partial charge is 0.392 e. The summed E-state index contributed by atoms with van der Waals surface area (Å²) in [5.74, 6) is 0. The molecule has 0 amide bonds. The Morgan fingerprint density at radius 3 is 2.20 bits per heavy atom. The Labute approximate surface area is 62.4 Å². The first-order chi connectivity index (χ1) is 4.91. The molecule has 0 radical (unpaired) electrons. The van der Waals surface area contributed by atoms with E-state index in [-0.39, 0.29) is 6.61 Å². The highest BCUT2D eigenvalue weighted by Gasteiger charge is 1.69. The van der Waals surface area contributed by atoms with E-state index in [1.807, 2.05) is 18.2 Å². The van der Waals surface area contributed by atoms with Gasteiger partial charge in [-0.1, -0.05) is 30.4 Å². The highest BCUT2D eigenvalue weighted by molar-refractivity contribution is 4.94. The normalized spacial score (nSPS) is 11.3. The van der Waals surface area contributed by atoms with E-state index < -0.39 is 0 Å². The Morgan fingerprint density at radius 1 is 1.00 bits per heavy atom. The summed E-state index contributed by atoms with van der Waals surface area (Å²) in [5.41, 5.74) is 0. The molecule has 1 heteroatoms. The molecule has 1 nitrogen and oxygen atoms in total. The molecule has 1 N–H and O–H groups in total. The summed E-state index contributed by atoms with van der Waals surface area (Å²) in [6.07, 6.45) is 11.4. The topological polar surface area (TPSA) is 20.2 Å². The third-order valence-corrected chi connectivity index (χ3v) is 1.01. The van der Waals surface area contributed by atoms with Crippen molar-refractivity contribution in [1.82, 2.24) is 0 Å². The van der Waals surface area contributed by atoms with Crippen molar-refractivity contribution < 1.29 is 5.11 Å². The van der Waals surface area contributed by atoms with Crippen LogP contribution >= 0.6 is 0 Å². The Morgan fingerprint density at radius 2 is 1.60 bits per heavy atom. The second-order valence-electron chi connectivity index (χ2n) is 1.89. The minimum absolute atomic E-state index is 0.134. The number of allylic oxidation sites excluding steroid dienone is 4. The second kappa shape index (κ2) is 8.18. The van der Waals surface area contributed by atoms with Gasteiger partial charge in [0.25, 0.3) is 0 Å².